The number of alkyl halides is 6. The van der Waals surface area contributed by atoms with E-state index in [-0.39, 0.29) is 57.0 Å². The average molecular weight is 787 g/mol. The number of hydrogen-bond acceptors (Lipinski definition) is 6. The van der Waals surface area contributed by atoms with Gasteiger partial charge in [-0.3, -0.25) is 19.3 Å². The molecule has 2 aliphatic rings. The summed E-state index contributed by atoms with van der Waals surface area (Å²) in [7, 11) is 1.12. The van der Waals surface area contributed by atoms with Gasteiger partial charge in [-0.2, -0.15) is 26.3 Å². The Kier molecular flexibility index (Phi) is 13.2. The SMILES string of the molecule is COc1cc(CN2C(=O)N([C@@H](CC3CC3)C(=O)N[C@@H](CC(=O)O)c3ccccc3)C(=O)C2(C(F)(F)F)C(F)(F)F)ccc1NC(=O)Nc1ccccc1C.[Na]. The number of anilines is 2. The number of aliphatic carboxylic acids is 1. The van der Waals surface area contributed by atoms with Crippen molar-refractivity contribution in [2.75, 3.05) is 17.7 Å². The normalized spacial score (nSPS) is 16.5. The van der Waals surface area contributed by atoms with Crippen LogP contribution in [-0.4, -0.2) is 105 Å². The maximum atomic E-state index is 14.9. The minimum Gasteiger partial charge on any atom is -0.495 e. The van der Waals surface area contributed by atoms with Gasteiger partial charge in [-0.1, -0.05) is 67.4 Å². The van der Waals surface area contributed by atoms with Crippen LogP contribution in [0.15, 0.2) is 72.8 Å². The first-order chi connectivity index (χ1) is 25.4. The third-order valence-corrected chi connectivity index (χ3v) is 9.20. The number of carboxylic acid groups (broad SMARTS) is 1. The van der Waals surface area contributed by atoms with Crippen LogP contribution < -0.4 is 20.7 Å². The Morgan fingerprint density at radius 3 is 2.07 bits per heavy atom. The molecule has 0 bridgehead atoms. The Balaban J connectivity index is 0.00000673. The number of urea groups is 2. The predicted molar refractivity (Wildman–Crippen MR) is 186 cm³/mol. The molecular formula is C36H35F6N5NaO7. The number of nitrogens with one attached hydrogen (secondary N) is 3. The van der Waals surface area contributed by atoms with Crippen molar-refractivity contribution in [1.82, 2.24) is 15.1 Å². The largest absolute Gasteiger partial charge is 0.495 e. The van der Waals surface area contributed by atoms with Crippen molar-refractivity contribution in [3.05, 3.63) is 89.5 Å². The van der Waals surface area contributed by atoms with E-state index in [1.165, 1.54) is 24.3 Å². The fourth-order valence-corrected chi connectivity index (χ4v) is 6.31. The molecule has 2 fully saturated rings. The molecule has 2 atom stereocenters. The summed E-state index contributed by atoms with van der Waals surface area (Å²) in [5, 5.41) is 16.9. The van der Waals surface area contributed by atoms with E-state index < -0.39 is 90.0 Å². The Labute approximate surface area is 332 Å². The van der Waals surface area contributed by atoms with E-state index in [1.807, 2.05) is 0 Å². The average Bonchev–Trinajstić information content (AvgIpc) is 3.88. The number of nitrogens with zero attached hydrogens (tertiary/aromatic N) is 2. The predicted octanol–water partition coefficient (Wildman–Crippen LogP) is 6.40. The number of rotatable bonds is 13. The van der Waals surface area contributed by atoms with Gasteiger partial charge in [0.15, 0.2) is 0 Å². The minimum atomic E-state index is -6.43. The molecule has 1 aliphatic carbocycles. The fraction of sp³-hybridized carbons (Fsp3) is 0.361. The van der Waals surface area contributed by atoms with Crippen LogP contribution in [-0.2, 0) is 20.9 Å². The summed E-state index contributed by atoms with van der Waals surface area (Å²) in [5.41, 5.74) is -4.37. The number of amides is 6. The van der Waals surface area contributed by atoms with Crippen molar-refractivity contribution < 1.29 is 60.2 Å². The molecule has 0 spiro atoms. The molecule has 6 amide bonds. The summed E-state index contributed by atoms with van der Waals surface area (Å²) in [6.45, 7) is 0.301. The van der Waals surface area contributed by atoms with Gasteiger partial charge in [0.05, 0.1) is 25.3 Å². The number of carboxylic acids is 1. The fourth-order valence-electron chi connectivity index (χ4n) is 6.31. The number of methoxy groups -OCH3 is 1. The molecule has 1 heterocycles. The summed E-state index contributed by atoms with van der Waals surface area (Å²) in [5.74, 6) is -6.04. The Morgan fingerprint density at radius 2 is 1.51 bits per heavy atom. The molecule has 1 saturated carbocycles. The van der Waals surface area contributed by atoms with E-state index >= 15 is 0 Å². The second-order valence-electron chi connectivity index (χ2n) is 12.9. The molecule has 289 valence electrons. The van der Waals surface area contributed by atoms with Crippen molar-refractivity contribution in [3.63, 3.8) is 0 Å². The number of halogens is 6. The van der Waals surface area contributed by atoms with Crippen LogP contribution in [0.5, 0.6) is 5.75 Å². The van der Waals surface area contributed by atoms with Gasteiger partial charge in [0, 0.05) is 41.8 Å². The van der Waals surface area contributed by atoms with Gasteiger partial charge in [0.25, 0.3) is 5.91 Å². The molecule has 19 heteroatoms. The minimum absolute atomic E-state index is 0. The Hall–Kier alpha value is -4.81. The molecule has 1 saturated heterocycles. The molecule has 0 aromatic heterocycles. The number of carbonyl (C=O) groups excluding carboxylic acids is 4. The van der Waals surface area contributed by atoms with Gasteiger partial charge in [0.1, 0.15) is 11.8 Å². The van der Waals surface area contributed by atoms with Crippen LogP contribution in [0.3, 0.4) is 0 Å². The molecule has 12 nitrogen and oxygen atoms in total. The van der Waals surface area contributed by atoms with Crippen LogP contribution in [0, 0.1) is 12.8 Å². The van der Waals surface area contributed by atoms with Crippen LogP contribution >= 0.6 is 0 Å². The summed E-state index contributed by atoms with van der Waals surface area (Å²) >= 11 is 0. The van der Waals surface area contributed by atoms with Crippen LogP contribution in [0.2, 0.25) is 0 Å². The molecular weight excluding hydrogens is 751 g/mol. The van der Waals surface area contributed by atoms with E-state index in [1.54, 1.807) is 37.3 Å². The number of benzene rings is 3. The summed E-state index contributed by atoms with van der Waals surface area (Å²) < 4.78 is 94.8. The summed E-state index contributed by atoms with van der Waals surface area (Å²) in [6.07, 6.45) is -13.2. The molecule has 1 aliphatic heterocycles. The van der Waals surface area contributed by atoms with Gasteiger partial charge in [0.2, 0.25) is 5.91 Å². The number of hydrogen-bond donors (Lipinski definition) is 4. The summed E-state index contributed by atoms with van der Waals surface area (Å²) in [4.78, 5) is 64.9. The maximum absolute atomic E-state index is 14.9. The van der Waals surface area contributed by atoms with Crippen molar-refractivity contribution in [1.29, 1.82) is 0 Å². The monoisotopic (exact) mass is 786 g/mol. The van der Waals surface area contributed by atoms with Crippen molar-refractivity contribution in [2.24, 2.45) is 5.92 Å². The Morgan fingerprint density at radius 1 is 0.909 bits per heavy atom. The van der Waals surface area contributed by atoms with Crippen molar-refractivity contribution in [2.45, 2.75) is 69.1 Å². The number of carbonyl (C=O) groups is 5. The van der Waals surface area contributed by atoms with E-state index in [0.717, 1.165) is 30.9 Å². The zero-order valence-electron chi connectivity index (χ0n) is 29.8. The maximum Gasteiger partial charge on any atom is 0.430 e. The Bertz CT molecular complexity index is 1910. The zero-order valence-corrected chi connectivity index (χ0v) is 31.8. The second-order valence-corrected chi connectivity index (χ2v) is 12.9. The van der Waals surface area contributed by atoms with Crippen LogP contribution in [0.1, 0.15) is 48.4 Å². The van der Waals surface area contributed by atoms with Gasteiger partial charge < -0.3 is 25.8 Å². The molecule has 55 heavy (non-hydrogen) atoms. The van der Waals surface area contributed by atoms with Gasteiger partial charge in [-0.15, -0.1) is 0 Å². The van der Waals surface area contributed by atoms with Gasteiger partial charge in [-0.25, -0.2) is 14.5 Å². The quantitative estimate of drug-likeness (QED) is 0.0888. The van der Waals surface area contributed by atoms with Crippen molar-refractivity contribution >= 4 is 70.8 Å². The van der Waals surface area contributed by atoms with E-state index in [4.69, 9.17) is 4.74 Å². The first-order valence-electron chi connectivity index (χ1n) is 16.5. The van der Waals surface area contributed by atoms with Crippen LogP contribution in [0.4, 0.5) is 47.3 Å². The third kappa shape index (κ3) is 9.02. The molecule has 3 aromatic rings. The molecule has 1 radical (unpaired) electrons. The first kappa shape index (κ1) is 42.9. The van der Waals surface area contributed by atoms with Crippen LogP contribution in [0.25, 0.3) is 0 Å². The van der Waals surface area contributed by atoms with Gasteiger partial charge >= 0.3 is 35.9 Å². The van der Waals surface area contributed by atoms with E-state index in [2.05, 4.69) is 16.0 Å². The standard InChI is InChI=1S/C36H35F6N5O7.Na/c1-20-8-6-7-11-24(20)44-32(52)45-25-15-14-22(17-28(25)54-2)19-46-33(53)47(31(51)34(46,35(37,38)39)36(40,41)42)27(16-21-12-13-21)30(50)43-26(18-29(48)49)23-9-4-3-5-10-23;/h3-11,14-15,17,21,26-27H,12-13,16,18-19H2,1-2H3,(H,43,50)(H,48,49)(H2,44,45,52);/t26-,27-;/m0./s1. The van der Waals surface area contributed by atoms with Gasteiger partial charge in [-0.05, 0) is 54.2 Å². The molecule has 0 unspecified atom stereocenters. The molecule has 3 aromatic carbocycles. The topological polar surface area (TPSA) is 157 Å². The van der Waals surface area contributed by atoms with E-state index in [9.17, 15) is 55.4 Å². The zero-order chi connectivity index (χ0) is 39.6. The smallest absolute Gasteiger partial charge is 0.430 e. The molecule has 4 N–H and O–H groups in total. The first-order valence-corrected chi connectivity index (χ1v) is 16.5. The number of aryl methyl sites for hydroxylation is 1. The summed E-state index contributed by atoms with van der Waals surface area (Å²) in [6, 6.07) is 11.2. The number of imide groups is 1. The van der Waals surface area contributed by atoms with E-state index in [0.29, 0.717) is 18.5 Å². The van der Waals surface area contributed by atoms with Crippen molar-refractivity contribution in [3.8, 4) is 5.75 Å². The second kappa shape index (κ2) is 16.9. The third-order valence-electron chi connectivity index (χ3n) is 9.20. The molecule has 5 rings (SSSR count). The number of para-hydroxylation sites is 1. The number of ether oxygens (including phenoxy) is 1.